The highest BCUT2D eigenvalue weighted by Gasteiger charge is 2.25. The van der Waals surface area contributed by atoms with Gasteiger partial charge in [0.2, 0.25) is 0 Å². The Bertz CT molecular complexity index is 958. The summed E-state index contributed by atoms with van der Waals surface area (Å²) in [6.07, 6.45) is 4.51. The second-order valence-corrected chi connectivity index (χ2v) is 7.28. The number of hydrogen-bond acceptors (Lipinski definition) is 3. The van der Waals surface area contributed by atoms with Gasteiger partial charge in [-0.2, -0.15) is 0 Å². The lowest BCUT2D eigenvalue weighted by Gasteiger charge is -2.23. The summed E-state index contributed by atoms with van der Waals surface area (Å²) in [5.74, 6) is 1.79. The molecule has 3 N–H and O–H groups in total. The second-order valence-electron chi connectivity index (χ2n) is 7.28. The van der Waals surface area contributed by atoms with Crippen molar-refractivity contribution in [3.8, 4) is 11.5 Å². The summed E-state index contributed by atoms with van der Waals surface area (Å²) in [6.45, 7) is 2.16. The molecular weight excluding hydrogens is 324 g/mol. The quantitative estimate of drug-likeness (QED) is 0.668. The Morgan fingerprint density at radius 3 is 2.77 bits per heavy atom. The summed E-state index contributed by atoms with van der Waals surface area (Å²) in [7, 11) is 3.27. The molecule has 0 amide bonds. The van der Waals surface area contributed by atoms with Crippen molar-refractivity contribution in [2.45, 2.75) is 38.5 Å². The number of nitrogens with one attached hydrogen (secondary N) is 1. The fraction of sp³-hybridized carbons (Fsp3) is 0.364. The molecule has 4 rings (SSSR count). The van der Waals surface area contributed by atoms with E-state index < -0.39 is 0 Å². The van der Waals surface area contributed by atoms with Gasteiger partial charge in [-0.3, -0.25) is 0 Å². The van der Waals surface area contributed by atoms with Crippen LogP contribution in [-0.4, -0.2) is 19.2 Å². The van der Waals surface area contributed by atoms with E-state index in [1.54, 1.807) is 14.2 Å². The predicted octanol–water partition coefficient (Wildman–Crippen LogP) is 4.74. The fourth-order valence-corrected chi connectivity index (χ4v) is 4.33. The smallest absolute Gasteiger partial charge is 0.183 e. The van der Waals surface area contributed by atoms with Crippen LogP contribution in [0.4, 0.5) is 5.69 Å². The Morgan fingerprint density at radius 1 is 1.15 bits per heavy atom. The highest BCUT2D eigenvalue weighted by atomic mass is 16.5. The summed E-state index contributed by atoms with van der Waals surface area (Å²) >= 11 is 0. The number of H-pyrrole nitrogens is 1. The van der Waals surface area contributed by atoms with E-state index in [0.29, 0.717) is 23.1 Å². The molecule has 1 aliphatic carbocycles. The van der Waals surface area contributed by atoms with Gasteiger partial charge in [0.25, 0.3) is 0 Å². The van der Waals surface area contributed by atoms with Crippen LogP contribution in [0.3, 0.4) is 0 Å². The van der Waals surface area contributed by atoms with Crippen LogP contribution < -0.4 is 15.2 Å². The molecule has 0 saturated heterocycles. The maximum Gasteiger partial charge on any atom is 0.183 e. The summed E-state index contributed by atoms with van der Waals surface area (Å²) in [5, 5.41) is 1.39. The normalized spacial score (nSPS) is 16.5. The minimum atomic E-state index is 0.476. The second kappa shape index (κ2) is 6.60. The van der Waals surface area contributed by atoms with Crippen LogP contribution in [-0.2, 0) is 12.8 Å². The van der Waals surface area contributed by atoms with Gasteiger partial charge < -0.3 is 20.2 Å². The van der Waals surface area contributed by atoms with Crippen LogP contribution in [0.5, 0.6) is 11.5 Å². The molecule has 0 aliphatic heterocycles. The van der Waals surface area contributed by atoms with E-state index in [9.17, 15) is 0 Å². The minimum Gasteiger partial charge on any atom is -0.493 e. The van der Waals surface area contributed by atoms with E-state index in [0.717, 1.165) is 12.8 Å². The summed E-state index contributed by atoms with van der Waals surface area (Å²) in [5.41, 5.74) is 13.4. The molecule has 0 saturated carbocycles. The average molecular weight is 350 g/mol. The van der Waals surface area contributed by atoms with Gasteiger partial charge in [-0.1, -0.05) is 11.6 Å². The van der Waals surface area contributed by atoms with E-state index in [2.05, 4.69) is 36.2 Å². The zero-order valence-electron chi connectivity index (χ0n) is 15.7. The number of nitrogen functional groups attached to an aromatic ring is 1. The Morgan fingerprint density at radius 2 is 2.00 bits per heavy atom. The monoisotopic (exact) mass is 350 g/mol. The third-order valence-electron chi connectivity index (χ3n) is 5.53. The molecule has 1 aromatic heterocycles. The van der Waals surface area contributed by atoms with Gasteiger partial charge in [0.15, 0.2) is 11.5 Å². The van der Waals surface area contributed by atoms with Crippen molar-refractivity contribution in [2.24, 2.45) is 0 Å². The van der Waals surface area contributed by atoms with E-state index in [1.807, 2.05) is 6.07 Å². The Labute approximate surface area is 154 Å². The van der Waals surface area contributed by atoms with Gasteiger partial charge in [-0.05, 0) is 68.0 Å². The van der Waals surface area contributed by atoms with Crippen LogP contribution in [0, 0.1) is 6.92 Å². The van der Waals surface area contributed by atoms with Gasteiger partial charge >= 0.3 is 0 Å². The molecule has 0 fully saturated rings. The first-order valence-electron chi connectivity index (χ1n) is 9.22. The van der Waals surface area contributed by atoms with Crippen molar-refractivity contribution in [3.05, 3.63) is 52.7 Å². The first-order chi connectivity index (χ1) is 12.6. The number of nitrogens with two attached hydrogens (primary N) is 1. The van der Waals surface area contributed by atoms with E-state index in [-0.39, 0.29) is 0 Å². The third-order valence-corrected chi connectivity index (χ3v) is 5.53. The average Bonchev–Trinajstić information content (AvgIpc) is 3.00. The van der Waals surface area contributed by atoms with Gasteiger partial charge in [0.1, 0.15) is 0 Å². The van der Waals surface area contributed by atoms with Crippen molar-refractivity contribution in [2.75, 3.05) is 20.0 Å². The van der Waals surface area contributed by atoms with Gasteiger partial charge in [0.05, 0.1) is 19.9 Å². The summed E-state index contributed by atoms with van der Waals surface area (Å²) < 4.78 is 10.8. The summed E-state index contributed by atoms with van der Waals surface area (Å²) in [6, 6.07) is 10.8. The lowest BCUT2D eigenvalue weighted by atomic mass is 9.83. The molecule has 3 aromatic rings. The summed E-state index contributed by atoms with van der Waals surface area (Å²) in [4.78, 5) is 3.69. The zero-order valence-corrected chi connectivity index (χ0v) is 15.7. The molecule has 1 aliphatic rings. The van der Waals surface area contributed by atoms with Crippen molar-refractivity contribution in [3.63, 3.8) is 0 Å². The molecule has 1 heterocycles. The van der Waals surface area contributed by atoms with Crippen molar-refractivity contribution in [1.29, 1.82) is 0 Å². The molecular formula is C22H26N2O2. The Hall–Kier alpha value is -2.62. The zero-order chi connectivity index (χ0) is 18.3. The van der Waals surface area contributed by atoms with E-state index >= 15 is 0 Å². The number of ether oxygens (including phenoxy) is 2. The van der Waals surface area contributed by atoms with Crippen molar-refractivity contribution < 1.29 is 9.47 Å². The van der Waals surface area contributed by atoms with Gasteiger partial charge in [0, 0.05) is 22.5 Å². The number of aromatic nitrogens is 1. The topological polar surface area (TPSA) is 60.3 Å². The number of aromatic amines is 1. The Kier molecular flexibility index (Phi) is 4.27. The molecule has 4 nitrogen and oxygen atoms in total. The molecule has 4 heteroatoms. The first kappa shape index (κ1) is 16.8. The molecule has 1 atom stereocenters. The maximum atomic E-state index is 6.17. The van der Waals surface area contributed by atoms with E-state index in [4.69, 9.17) is 15.2 Å². The van der Waals surface area contributed by atoms with Gasteiger partial charge in [-0.15, -0.1) is 0 Å². The lowest BCUT2D eigenvalue weighted by molar-refractivity contribution is 0.356. The van der Waals surface area contributed by atoms with Crippen LogP contribution >= 0.6 is 0 Å². The number of rotatable bonds is 4. The molecule has 26 heavy (non-hydrogen) atoms. The SMILES string of the molecule is COc1cc(CC2CCCc3c2[nH]c2ccc(C)cc32)cc(N)c1OC. The lowest BCUT2D eigenvalue weighted by Crippen LogP contribution is -2.12. The van der Waals surface area contributed by atoms with Crippen LogP contribution in [0.15, 0.2) is 30.3 Å². The van der Waals surface area contributed by atoms with Crippen LogP contribution in [0.2, 0.25) is 0 Å². The predicted molar refractivity (Wildman–Crippen MR) is 106 cm³/mol. The van der Waals surface area contributed by atoms with Crippen molar-refractivity contribution in [1.82, 2.24) is 4.98 Å². The first-order valence-corrected chi connectivity index (χ1v) is 9.22. The number of aryl methyl sites for hydroxylation is 2. The van der Waals surface area contributed by atoms with Crippen molar-refractivity contribution >= 4 is 16.6 Å². The number of hydrogen-bond donors (Lipinski definition) is 2. The molecule has 1 unspecified atom stereocenters. The Balaban J connectivity index is 1.71. The fourth-order valence-electron chi connectivity index (χ4n) is 4.33. The highest BCUT2D eigenvalue weighted by molar-refractivity contribution is 5.85. The molecule has 0 radical (unpaired) electrons. The van der Waals surface area contributed by atoms with Crippen LogP contribution in [0.25, 0.3) is 10.9 Å². The minimum absolute atomic E-state index is 0.476. The molecule has 0 bridgehead atoms. The molecule has 0 spiro atoms. The number of methoxy groups -OCH3 is 2. The van der Waals surface area contributed by atoms with E-state index in [1.165, 1.54) is 46.1 Å². The third kappa shape index (κ3) is 2.79. The van der Waals surface area contributed by atoms with Crippen LogP contribution in [0.1, 0.15) is 41.1 Å². The number of anilines is 1. The van der Waals surface area contributed by atoms with Gasteiger partial charge in [-0.25, -0.2) is 0 Å². The number of fused-ring (bicyclic) bond motifs is 3. The molecule has 2 aromatic carbocycles. The number of benzene rings is 2. The highest BCUT2D eigenvalue weighted by Crippen LogP contribution is 2.40. The molecule has 136 valence electrons. The maximum absolute atomic E-state index is 6.17. The standard InChI is InChI=1S/C22H26N2O2/c1-13-7-8-19-17(9-13)16-6-4-5-15(21(16)24-19)10-14-11-18(23)22(26-3)20(12-14)25-2/h7-9,11-12,15,24H,4-6,10,23H2,1-3H3. The largest absolute Gasteiger partial charge is 0.493 e.